The van der Waals surface area contributed by atoms with Crippen molar-refractivity contribution < 1.29 is 31.1 Å². The summed E-state index contributed by atoms with van der Waals surface area (Å²) in [7, 11) is -3.43. The Hall–Kier alpha value is -2.82. The van der Waals surface area contributed by atoms with Crippen LogP contribution in [0.25, 0.3) is 0 Å². The van der Waals surface area contributed by atoms with Crippen LogP contribution in [0.4, 0.5) is 18.9 Å². The summed E-state index contributed by atoms with van der Waals surface area (Å²) < 4.78 is 69.8. The van der Waals surface area contributed by atoms with Crippen LogP contribution in [0.15, 0.2) is 30.3 Å². The number of aryl methyl sites for hydroxylation is 1. The molecule has 0 spiro atoms. The lowest BCUT2D eigenvalue weighted by Crippen LogP contribution is -2.28. The third kappa shape index (κ3) is 7.92. The number of sulfonamides is 1. The van der Waals surface area contributed by atoms with Crippen molar-refractivity contribution in [2.45, 2.75) is 52.3 Å². The van der Waals surface area contributed by atoms with Gasteiger partial charge >= 0.3 is 6.18 Å². The predicted octanol–water partition coefficient (Wildman–Crippen LogP) is 4.38. The number of benzene rings is 1. The molecule has 0 fully saturated rings. The number of nitrogens with one attached hydrogen (secondary N) is 2. The van der Waals surface area contributed by atoms with Crippen LogP contribution in [-0.4, -0.2) is 32.2 Å². The number of hydrogen-bond acceptors (Lipinski definition) is 5. The maximum Gasteiger partial charge on any atom is 0.433 e. The smallest absolute Gasteiger partial charge is 0.433 e. The molecule has 1 aromatic heterocycles. The number of pyridine rings is 1. The van der Waals surface area contributed by atoms with Crippen LogP contribution in [0.3, 0.4) is 0 Å². The van der Waals surface area contributed by atoms with Crippen molar-refractivity contribution in [3.63, 3.8) is 0 Å². The quantitative estimate of drug-likeness (QED) is 0.485. The fourth-order valence-electron chi connectivity index (χ4n) is 2.96. The molecule has 2 N–H and O–H groups in total. The van der Waals surface area contributed by atoms with Crippen LogP contribution < -0.4 is 14.8 Å². The number of anilines is 1. The normalized spacial score (nSPS) is 12.8. The fraction of sp³-hybridized carbons (Fsp3) is 0.455. The minimum Gasteiger partial charge on any atom is -0.477 e. The Kier molecular flexibility index (Phi) is 8.70. The number of carbonyl (C=O) groups is 1. The van der Waals surface area contributed by atoms with Gasteiger partial charge in [0.25, 0.3) is 0 Å². The number of carbonyl (C=O) groups excluding carboxylic acids is 1. The average Bonchev–Trinajstić information content (AvgIpc) is 2.72. The molecule has 2 rings (SSSR count). The predicted molar refractivity (Wildman–Crippen MR) is 120 cm³/mol. The Labute approximate surface area is 191 Å². The molecular formula is C22H28F3N3O4S. The summed E-state index contributed by atoms with van der Waals surface area (Å²) in [5.41, 5.74) is 1.00. The number of hydrogen-bond donors (Lipinski definition) is 2. The van der Waals surface area contributed by atoms with Gasteiger partial charge in [-0.2, -0.15) is 13.2 Å². The Morgan fingerprint density at radius 2 is 1.91 bits per heavy atom. The van der Waals surface area contributed by atoms with Crippen molar-refractivity contribution in [2.75, 3.05) is 17.6 Å². The summed E-state index contributed by atoms with van der Waals surface area (Å²) >= 11 is 0. The second-order valence-corrected chi connectivity index (χ2v) is 9.50. The van der Waals surface area contributed by atoms with Gasteiger partial charge in [0.2, 0.25) is 21.8 Å². The molecule has 2 aromatic rings. The maximum atomic E-state index is 13.0. The van der Waals surface area contributed by atoms with Crippen LogP contribution in [0.1, 0.15) is 55.0 Å². The van der Waals surface area contributed by atoms with Crippen LogP contribution in [0, 0.1) is 6.92 Å². The topological polar surface area (TPSA) is 97.4 Å². The second-order valence-electron chi connectivity index (χ2n) is 7.75. The number of nitrogens with zero attached hydrogens (tertiary/aromatic N) is 1. The van der Waals surface area contributed by atoms with E-state index in [1.165, 1.54) is 6.07 Å². The summed E-state index contributed by atoms with van der Waals surface area (Å²) in [6.07, 6.45) is -2.09. The average molecular weight is 488 g/mol. The minimum atomic E-state index is -4.60. The monoisotopic (exact) mass is 487 g/mol. The van der Waals surface area contributed by atoms with E-state index < -0.39 is 27.8 Å². The fourth-order valence-corrected chi connectivity index (χ4v) is 3.59. The van der Waals surface area contributed by atoms with E-state index in [4.69, 9.17) is 4.74 Å². The zero-order valence-electron chi connectivity index (χ0n) is 18.9. The highest BCUT2D eigenvalue weighted by Gasteiger charge is 2.33. The van der Waals surface area contributed by atoms with E-state index in [1.54, 1.807) is 32.0 Å². The zero-order valence-corrected chi connectivity index (χ0v) is 19.7. The zero-order chi connectivity index (χ0) is 24.8. The minimum absolute atomic E-state index is 0.0531. The standard InChI is InChI=1S/C22H28F3N3O4S/c1-5-6-11-32-21-17(8-10-19(27-21)22(23,24)25)13-26-20(29)15(3)16-7-9-18(14(2)12-16)28-33(4,30)31/h7-10,12,15,28H,5-6,11,13H2,1-4H3,(H,26,29). The Balaban J connectivity index is 2.13. The third-order valence-electron chi connectivity index (χ3n) is 4.86. The summed E-state index contributed by atoms with van der Waals surface area (Å²) in [4.78, 5) is 16.3. The third-order valence-corrected chi connectivity index (χ3v) is 5.45. The van der Waals surface area contributed by atoms with Gasteiger partial charge in [0.05, 0.1) is 24.5 Å². The molecule has 1 unspecified atom stereocenters. The molecule has 0 aliphatic rings. The van der Waals surface area contributed by atoms with E-state index in [0.29, 0.717) is 28.8 Å². The number of ether oxygens (including phenoxy) is 1. The first-order valence-corrected chi connectivity index (χ1v) is 12.3. The highest BCUT2D eigenvalue weighted by Crippen LogP contribution is 2.30. The van der Waals surface area contributed by atoms with Crippen molar-refractivity contribution >= 4 is 21.6 Å². The van der Waals surface area contributed by atoms with Crippen molar-refractivity contribution in [3.8, 4) is 5.88 Å². The van der Waals surface area contributed by atoms with E-state index in [0.717, 1.165) is 18.7 Å². The molecule has 182 valence electrons. The summed E-state index contributed by atoms with van der Waals surface area (Å²) in [5.74, 6) is -1.08. The van der Waals surface area contributed by atoms with Crippen molar-refractivity contribution in [1.82, 2.24) is 10.3 Å². The van der Waals surface area contributed by atoms with Gasteiger partial charge < -0.3 is 10.1 Å². The maximum absolute atomic E-state index is 13.0. The van der Waals surface area contributed by atoms with Crippen molar-refractivity contribution in [2.24, 2.45) is 0 Å². The Morgan fingerprint density at radius 1 is 1.21 bits per heavy atom. The summed E-state index contributed by atoms with van der Waals surface area (Å²) in [5, 5.41) is 2.71. The number of aromatic nitrogens is 1. The van der Waals surface area contributed by atoms with E-state index in [2.05, 4.69) is 15.0 Å². The molecule has 1 heterocycles. The molecule has 0 bridgehead atoms. The Bertz CT molecular complexity index is 1090. The second kappa shape index (κ2) is 10.9. The number of amides is 1. The molecule has 1 atom stereocenters. The van der Waals surface area contributed by atoms with Gasteiger partial charge in [0, 0.05) is 12.1 Å². The SMILES string of the molecule is CCCCOc1nc(C(F)(F)F)ccc1CNC(=O)C(C)c1ccc(NS(C)(=O)=O)c(C)c1. The van der Waals surface area contributed by atoms with Gasteiger partial charge in [-0.15, -0.1) is 0 Å². The van der Waals surface area contributed by atoms with Crippen molar-refractivity contribution in [3.05, 3.63) is 52.7 Å². The van der Waals surface area contributed by atoms with Gasteiger partial charge in [-0.3, -0.25) is 9.52 Å². The molecule has 0 radical (unpaired) electrons. The molecule has 11 heteroatoms. The van der Waals surface area contributed by atoms with E-state index >= 15 is 0 Å². The van der Waals surface area contributed by atoms with Gasteiger partial charge in [0.1, 0.15) is 5.69 Å². The number of halogens is 3. The van der Waals surface area contributed by atoms with Crippen LogP contribution in [0.5, 0.6) is 5.88 Å². The highest BCUT2D eigenvalue weighted by molar-refractivity contribution is 7.92. The lowest BCUT2D eigenvalue weighted by Gasteiger charge is -2.17. The lowest BCUT2D eigenvalue weighted by molar-refractivity contribution is -0.141. The molecule has 0 aliphatic heterocycles. The molecule has 7 nitrogen and oxygen atoms in total. The van der Waals surface area contributed by atoms with Crippen LogP contribution in [0.2, 0.25) is 0 Å². The van der Waals surface area contributed by atoms with Crippen molar-refractivity contribution in [1.29, 1.82) is 0 Å². The first kappa shape index (κ1) is 26.4. The molecule has 33 heavy (non-hydrogen) atoms. The highest BCUT2D eigenvalue weighted by atomic mass is 32.2. The number of rotatable bonds is 10. The first-order chi connectivity index (χ1) is 15.3. The summed E-state index contributed by atoms with van der Waals surface area (Å²) in [6.45, 7) is 5.49. The van der Waals surface area contributed by atoms with Gasteiger partial charge in [-0.1, -0.05) is 25.5 Å². The van der Waals surface area contributed by atoms with E-state index in [1.807, 2.05) is 6.92 Å². The van der Waals surface area contributed by atoms with Gasteiger partial charge in [-0.25, -0.2) is 13.4 Å². The number of alkyl halides is 3. The van der Waals surface area contributed by atoms with E-state index in [-0.39, 0.29) is 24.9 Å². The van der Waals surface area contributed by atoms with Gasteiger partial charge in [-0.05, 0) is 49.6 Å². The van der Waals surface area contributed by atoms with Crippen LogP contribution >= 0.6 is 0 Å². The Morgan fingerprint density at radius 3 is 2.48 bits per heavy atom. The molecule has 1 aromatic carbocycles. The molecule has 0 aliphatic carbocycles. The molecular weight excluding hydrogens is 459 g/mol. The lowest BCUT2D eigenvalue weighted by atomic mass is 9.97. The van der Waals surface area contributed by atoms with Gasteiger partial charge in [0.15, 0.2) is 0 Å². The van der Waals surface area contributed by atoms with Crippen LogP contribution in [-0.2, 0) is 27.5 Å². The molecule has 1 amide bonds. The first-order valence-electron chi connectivity index (χ1n) is 10.4. The largest absolute Gasteiger partial charge is 0.477 e. The number of unbranched alkanes of at least 4 members (excludes halogenated alkanes) is 1. The molecule has 0 saturated heterocycles. The molecule has 0 saturated carbocycles. The van der Waals surface area contributed by atoms with E-state index in [9.17, 15) is 26.4 Å². The summed E-state index contributed by atoms with van der Waals surface area (Å²) in [6, 6.07) is 7.03.